The van der Waals surface area contributed by atoms with Crippen molar-refractivity contribution in [1.29, 1.82) is 0 Å². The van der Waals surface area contributed by atoms with Gasteiger partial charge >= 0.3 is 0 Å². The molecule has 0 unspecified atom stereocenters. The van der Waals surface area contributed by atoms with Gasteiger partial charge in [0.2, 0.25) is 0 Å². The number of carbonyl (C=O) groups excluding carboxylic acids is 2. The van der Waals surface area contributed by atoms with E-state index in [0.717, 1.165) is 11.3 Å². The number of benzene rings is 3. The van der Waals surface area contributed by atoms with Gasteiger partial charge in [-0.2, -0.15) is 5.10 Å². The van der Waals surface area contributed by atoms with E-state index in [1.54, 1.807) is 24.3 Å². The fourth-order valence-corrected chi connectivity index (χ4v) is 3.88. The van der Waals surface area contributed by atoms with Crippen LogP contribution < -0.4 is 15.3 Å². The first-order valence-corrected chi connectivity index (χ1v) is 11.5. The Kier molecular flexibility index (Phi) is 7.87. The molecule has 9 nitrogen and oxygen atoms in total. The number of nitrogens with one attached hydrogen (secondary N) is 1. The molecule has 35 heavy (non-hydrogen) atoms. The molecule has 1 N–H and O–H groups in total. The van der Waals surface area contributed by atoms with Gasteiger partial charge in [-0.05, 0) is 24.3 Å². The van der Waals surface area contributed by atoms with Gasteiger partial charge in [-0.1, -0.05) is 72.4 Å². The lowest BCUT2D eigenvalue weighted by Crippen LogP contribution is -2.29. The van der Waals surface area contributed by atoms with Crippen LogP contribution in [-0.4, -0.2) is 45.2 Å². The van der Waals surface area contributed by atoms with Gasteiger partial charge in [0.25, 0.3) is 5.91 Å². The van der Waals surface area contributed by atoms with Crippen LogP contribution in [0.3, 0.4) is 0 Å². The number of aliphatic carboxylic acids is 1. The fourth-order valence-electron chi connectivity index (χ4n) is 3.14. The summed E-state index contributed by atoms with van der Waals surface area (Å²) in [6, 6.07) is 26.1. The molecule has 0 spiro atoms. The van der Waals surface area contributed by atoms with Crippen LogP contribution in [0.15, 0.2) is 95.2 Å². The topological polar surface area (TPSA) is 122 Å². The third kappa shape index (κ3) is 6.33. The zero-order valence-corrected chi connectivity index (χ0v) is 19.2. The van der Waals surface area contributed by atoms with Crippen molar-refractivity contribution in [3.8, 4) is 22.8 Å². The minimum Gasteiger partial charge on any atom is -0.546 e. The minimum absolute atomic E-state index is 0.0555. The first-order valence-electron chi connectivity index (χ1n) is 10.5. The van der Waals surface area contributed by atoms with Crippen LogP contribution in [0.25, 0.3) is 17.1 Å². The number of para-hydroxylation sites is 2. The number of ether oxygens (including phenoxy) is 1. The number of aromatic nitrogens is 3. The molecule has 0 saturated heterocycles. The van der Waals surface area contributed by atoms with E-state index in [4.69, 9.17) is 4.74 Å². The van der Waals surface area contributed by atoms with Gasteiger partial charge in [-0.3, -0.25) is 9.36 Å². The Labute approximate surface area is 205 Å². The summed E-state index contributed by atoms with van der Waals surface area (Å²) in [7, 11) is 0. The van der Waals surface area contributed by atoms with Crippen LogP contribution in [0, 0.1) is 0 Å². The van der Waals surface area contributed by atoms with Gasteiger partial charge in [0.15, 0.2) is 11.0 Å². The van der Waals surface area contributed by atoms with Crippen molar-refractivity contribution in [3.63, 3.8) is 0 Å². The highest BCUT2D eigenvalue weighted by Crippen LogP contribution is 2.27. The van der Waals surface area contributed by atoms with E-state index in [1.165, 1.54) is 18.0 Å². The molecule has 0 aliphatic carbocycles. The average Bonchev–Trinajstić information content (AvgIpc) is 3.32. The summed E-state index contributed by atoms with van der Waals surface area (Å²) in [6.07, 6.45) is 1.38. The van der Waals surface area contributed by atoms with E-state index in [1.807, 2.05) is 65.2 Å². The molecule has 10 heteroatoms. The van der Waals surface area contributed by atoms with Crippen molar-refractivity contribution >= 4 is 29.9 Å². The van der Waals surface area contributed by atoms with Crippen LogP contribution in [0.5, 0.6) is 5.75 Å². The van der Waals surface area contributed by atoms with Crippen molar-refractivity contribution in [2.24, 2.45) is 5.10 Å². The van der Waals surface area contributed by atoms with E-state index in [-0.39, 0.29) is 11.7 Å². The Morgan fingerprint density at radius 3 is 2.40 bits per heavy atom. The molecule has 4 rings (SSSR count). The highest BCUT2D eigenvalue weighted by atomic mass is 32.2. The predicted octanol–water partition coefficient (Wildman–Crippen LogP) is 2.31. The zero-order chi connectivity index (χ0) is 24.5. The molecule has 4 aromatic rings. The Balaban J connectivity index is 1.44. The second-order valence-electron chi connectivity index (χ2n) is 7.12. The summed E-state index contributed by atoms with van der Waals surface area (Å²) >= 11 is 1.23. The minimum atomic E-state index is -1.33. The Hall–Kier alpha value is -4.44. The first kappa shape index (κ1) is 23.7. The molecular weight excluding hydrogens is 466 g/mol. The van der Waals surface area contributed by atoms with E-state index >= 15 is 0 Å². The third-order valence-corrected chi connectivity index (χ3v) is 5.60. The Morgan fingerprint density at radius 2 is 1.66 bits per heavy atom. The summed E-state index contributed by atoms with van der Waals surface area (Å²) in [5.41, 5.74) is 4.76. The number of carboxylic acid groups (broad SMARTS) is 1. The molecule has 0 fully saturated rings. The van der Waals surface area contributed by atoms with Crippen LogP contribution >= 0.6 is 11.8 Å². The quantitative estimate of drug-likeness (QED) is 0.207. The molecule has 0 bridgehead atoms. The second kappa shape index (κ2) is 11.6. The number of hydrogen-bond acceptors (Lipinski definition) is 8. The third-order valence-electron chi connectivity index (χ3n) is 4.67. The molecule has 3 aromatic carbocycles. The van der Waals surface area contributed by atoms with Gasteiger partial charge in [-0.25, -0.2) is 5.43 Å². The molecule has 0 aliphatic heterocycles. The van der Waals surface area contributed by atoms with Crippen LogP contribution in [0.2, 0.25) is 0 Å². The highest BCUT2D eigenvalue weighted by Gasteiger charge is 2.17. The summed E-state index contributed by atoms with van der Waals surface area (Å²) < 4.78 is 7.07. The highest BCUT2D eigenvalue weighted by molar-refractivity contribution is 7.99. The maximum atomic E-state index is 12.4. The SMILES string of the molecule is O=C([O-])COc1ccccc1C=NNC(=O)CSc1nnc(-c2ccccc2)n1-c1ccccc1. The standard InChI is InChI=1S/C25H21N5O4S/c31-22(27-26-15-19-11-7-8-14-21(19)34-16-23(32)33)17-35-25-29-28-24(18-9-3-1-4-10-18)30(25)20-12-5-2-6-13-20/h1-15H,16-17H2,(H,27,31)(H,32,33)/p-1. The molecule has 176 valence electrons. The number of carbonyl (C=O) groups is 2. The lowest BCUT2D eigenvalue weighted by Gasteiger charge is -2.10. The van der Waals surface area contributed by atoms with E-state index in [2.05, 4.69) is 20.7 Å². The molecule has 0 aliphatic rings. The smallest absolute Gasteiger partial charge is 0.250 e. The summed E-state index contributed by atoms with van der Waals surface area (Å²) in [5, 5.41) is 23.8. The van der Waals surface area contributed by atoms with E-state index in [0.29, 0.717) is 22.3 Å². The fraction of sp³-hybridized carbons (Fsp3) is 0.0800. The van der Waals surface area contributed by atoms with Crippen molar-refractivity contribution in [1.82, 2.24) is 20.2 Å². The number of thioether (sulfide) groups is 1. The number of hydrogen-bond donors (Lipinski definition) is 1. The molecule has 0 radical (unpaired) electrons. The maximum absolute atomic E-state index is 12.4. The van der Waals surface area contributed by atoms with Gasteiger partial charge < -0.3 is 14.6 Å². The van der Waals surface area contributed by atoms with E-state index in [9.17, 15) is 14.7 Å². The number of amides is 1. The first-order chi connectivity index (χ1) is 17.1. The largest absolute Gasteiger partial charge is 0.546 e. The van der Waals surface area contributed by atoms with Crippen LogP contribution in [0.1, 0.15) is 5.56 Å². The number of rotatable bonds is 10. The summed E-state index contributed by atoms with van der Waals surface area (Å²) in [4.78, 5) is 23.0. The molecule has 1 aromatic heterocycles. The second-order valence-corrected chi connectivity index (χ2v) is 8.07. The molecule has 1 heterocycles. The van der Waals surface area contributed by atoms with Crippen molar-refractivity contribution in [2.45, 2.75) is 5.16 Å². The monoisotopic (exact) mass is 486 g/mol. The van der Waals surface area contributed by atoms with Gasteiger partial charge in [0, 0.05) is 16.8 Å². The molecule has 1 amide bonds. The van der Waals surface area contributed by atoms with Crippen molar-refractivity contribution < 1.29 is 19.4 Å². The molecule has 0 atom stereocenters. The van der Waals surface area contributed by atoms with Crippen LogP contribution in [0.4, 0.5) is 0 Å². The summed E-state index contributed by atoms with van der Waals surface area (Å²) in [6.45, 7) is -0.582. The lowest BCUT2D eigenvalue weighted by molar-refractivity contribution is -0.307. The predicted molar refractivity (Wildman–Crippen MR) is 130 cm³/mol. The zero-order valence-electron chi connectivity index (χ0n) is 18.4. The van der Waals surface area contributed by atoms with Gasteiger partial charge in [0.05, 0.1) is 17.9 Å². The Bertz CT molecular complexity index is 1330. The van der Waals surface area contributed by atoms with Crippen molar-refractivity contribution in [3.05, 3.63) is 90.5 Å². The van der Waals surface area contributed by atoms with Gasteiger partial charge in [-0.15, -0.1) is 10.2 Å². The van der Waals surface area contributed by atoms with Gasteiger partial charge in [0.1, 0.15) is 12.4 Å². The van der Waals surface area contributed by atoms with Crippen LogP contribution in [-0.2, 0) is 9.59 Å². The van der Waals surface area contributed by atoms with Crippen molar-refractivity contribution in [2.75, 3.05) is 12.4 Å². The van der Waals surface area contributed by atoms with E-state index < -0.39 is 12.6 Å². The number of carboxylic acids is 1. The number of nitrogens with zero attached hydrogens (tertiary/aromatic N) is 4. The maximum Gasteiger partial charge on any atom is 0.250 e. The average molecular weight is 487 g/mol. The molecular formula is C25H20N5O4S-. The normalized spacial score (nSPS) is 10.9. The Morgan fingerprint density at radius 1 is 0.971 bits per heavy atom. The molecule has 0 saturated carbocycles. The summed E-state index contributed by atoms with van der Waals surface area (Å²) in [5.74, 6) is -0.636. The lowest BCUT2D eigenvalue weighted by atomic mass is 10.2. The number of hydrazone groups is 1.